The summed E-state index contributed by atoms with van der Waals surface area (Å²) < 4.78 is 5.66. The number of aryl methyl sites for hydroxylation is 1. The predicted octanol–water partition coefficient (Wildman–Crippen LogP) is 2.64. The lowest BCUT2D eigenvalue weighted by Crippen LogP contribution is -2.47. The van der Waals surface area contributed by atoms with Gasteiger partial charge in [0.2, 0.25) is 0 Å². The molecule has 0 saturated carbocycles. The summed E-state index contributed by atoms with van der Waals surface area (Å²) in [4.78, 5) is 22.8. The summed E-state index contributed by atoms with van der Waals surface area (Å²) in [6.07, 6.45) is 1.53. The fourth-order valence-corrected chi connectivity index (χ4v) is 3.36. The summed E-state index contributed by atoms with van der Waals surface area (Å²) in [7, 11) is 0. The Hall–Kier alpha value is -3.45. The topological polar surface area (TPSA) is 87.6 Å². The van der Waals surface area contributed by atoms with Crippen LogP contribution in [0.25, 0.3) is 22.5 Å². The van der Waals surface area contributed by atoms with Crippen LogP contribution in [0.4, 0.5) is 0 Å². The van der Waals surface area contributed by atoms with E-state index in [1.165, 1.54) is 6.33 Å². The van der Waals surface area contributed by atoms with Crippen molar-refractivity contribution in [3.05, 3.63) is 60.4 Å². The molecule has 1 fully saturated rings. The average Bonchev–Trinajstić information content (AvgIpc) is 2.80. The van der Waals surface area contributed by atoms with E-state index in [1.54, 1.807) is 6.07 Å². The molecule has 1 aliphatic rings. The molecule has 0 unspecified atom stereocenters. The van der Waals surface area contributed by atoms with E-state index in [0.29, 0.717) is 5.75 Å². The highest BCUT2D eigenvalue weighted by atomic mass is 16.5. The van der Waals surface area contributed by atoms with Crippen LogP contribution in [0.3, 0.4) is 0 Å². The SMILES string of the molecule is Cc1cc(-c2cc(-c3ccc(OCC(=O)N4CCNCC4)cc3)ncn2)ccc1O. The third-order valence-corrected chi connectivity index (χ3v) is 5.14. The van der Waals surface area contributed by atoms with Crippen LogP contribution >= 0.6 is 0 Å². The second-order valence-corrected chi connectivity index (χ2v) is 7.23. The molecule has 154 valence electrons. The van der Waals surface area contributed by atoms with Gasteiger partial charge in [-0.15, -0.1) is 0 Å². The minimum absolute atomic E-state index is 0.00482. The van der Waals surface area contributed by atoms with Gasteiger partial charge in [0, 0.05) is 37.3 Å². The first kappa shape index (κ1) is 19.8. The van der Waals surface area contributed by atoms with Crippen LogP contribution in [-0.2, 0) is 4.79 Å². The molecule has 0 aliphatic carbocycles. The molecule has 30 heavy (non-hydrogen) atoms. The van der Waals surface area contributed by atoms with Crippen LogP contribution in [0.15, 0.2) is 54.9 Å². The van der Waals surface area contributed by atoms with Crippen molar-refractivity contribution in [2.45, 2.75) is 6.92 Å². The smallest absolute Gasteiger partial charge is 0.260 e. The molecule has 7 nitrogen and oxygen atoms in total. The summed E-state index contributed by atoms with van der Waals surface area (Å²) >= 11 is 0. The number of aromatic hydroxyl groups is 1. The fourth-order valence-electron chi connectivity index (χ4n) is 3.36. The number of rotatable bonds is 5. The quantitative estimate of drug-likeness (QED) is 0.680. The highest BCUT2D eigenvalue weighted by molar-refractivity contribution is 5.78. The van der Waals surface area contributed by atoms with Gasteiger partial charge < -0.3 is 20.1 Å². The van der Waals surface area contributed by atoms with Crippen molar-refractivity contribution < 1.29 is 14.6 Å². The number of piperazine rings is 1. The Kier molecular flexibility index (Phi) is 5.90. The van der Waals surface area contributed by atoms with Gasteiger partial charge in [-0.25, -0.2) is 9.97 Å². The van der Waals surface area contributed by atoms with Crippen molar-refractivity contribution in [3.63, 3.8) is 0 Å². The van der Waals surface area contributed by atoms with Gasteiger partial charge in [0.05, 0.1) is 11.4 Å². The molecule has 1 aromatic heterocycles. The number of phenols is 1. The van der Waals surface area contributed by atoms with Crippen molar-refractivity contribution in [3.8, 4) is 34.0 Å². The first-order chi connectivity index (χ1) is 14.6. The Morgan fingerprint density at radius 3 is 2.40 bits per heavy atom. The van der Waals surface area contributed by atoms with Crippen LogP contribution in [0.2, 0.25) is 0 Å². The number of amides is 1. The van der Waals surface area contributed by atoms with Gasteiger partial charge >= 0.3 is 0 Å². The van der Waals surface area contributed by atoms with E-state index in [4.69, 9.17) is 4.74 Å². The zero-order valence-corrected chi connectivity index (χ0v) is 16.8. The largest absolute Gasteiger partial charge is 0.508 e. The summed E-state index contributed by atoms with van der Waals surface area (Å²) in [5, 5.41) is 13.0. The minimum Gasteiger partial charge on any atom is -0.508 e. The van der Waals surface area contributed by atoms with Crippen molar-refractivity contribution in [2.24, 2.45) is 0 Å². The van der Waals surface area contributed by atoms with Gasteiger partial charge in [-0.3, -0.25) is 4.79 Å². The summed E-state index contributed by atoms with van der Waals surface area (Å²) in [6.45, 7) is 4.98. The maximum absolute atomic E-state index is 12.2. The zero-order valence-electron chi connectivity index (χ0n) is 16.8. The monoisotopic (exact) mass is 404 g/mol. The van der Waals surface area contributed by atoms with Crippen LogP contribution < -0.4 is 10.1 Å². The Balaban J connectivity index is 1.43. The molecule has 2 N–H and O–H groups in total. The van der Waals surface area contributed by atoms with Crippen LogP contribution in [0.5, 0.6) is 11.5 Å². The van der Waals surface area contributed by atoms with Crippen LogP contribution in [-0.4, -0.2) is 58.7 Å². The molecule has 2 aromatic carbocycles. The van der Waals surface area contributed by atoms with Crippen molar-refractivity contribution in [1.29, 1.82) is 0 Å². The molecule has 3 aromatic rings. The van der Waals surface area contributed by atoms with Gasteiger partial charge in [-0.05, 0) is 61.0 Å². The summed E-state index contributed by atoms with van der Waals surface area (Å²) in [5.74, 6) is 0.912. The fraction of sp³-hybridized carbons (Fsp3) is 0.261. The normalized spacial score (nSPS) is 13.8. The molecule has 7 heteroatoms. The van der Waals surface area contributed by atoms with Gasteiger partial charge in [-0.1, -0.05) is 0 Å². The molecule has 0 atom stereocenters. The van der Waals surface area contributed by atoms with Crippen molar-refractivity contribution >= 4 is 5.91 Å². The molecular formula is C23H24N4O3. The van der Waals surface area contributed by atoms with Crippen molar-refractivity contribution in [2.75, 3.05) is 32.8 Å². The summed E-state index contributed by atoms with van der Waals surface area (Å²) in [5.41, 5.74) is 4.21. The molecule has 2 heterocycles. The Morgan fingerprint density at radius 2 is 1.70 bits per heavy atom. The van der Waals surface area contributed by atoms with Gasteiger partial charge in [0.25, 0.3) is 5.91 Å². The number of nitrogens with one attached hydrogen (secondary N) is 1. The van der Waals surface area contributed by atoms with E-state index in [9.17, 15) is 9.90 Å². The maximum atomic E-state index is 12.2. The number of carbonyl (C=O) groups excluding carboxylic acids is 1. The standard InChI is InChI=1S/C23H24N4O3/c1-16-12-18(4-7-22(16)28)21-13-20(25-15-26-21)17-2-5-19(6-3-17)30-14-23(29)27-10-8-24-9-11-27/h2-7,12-13,15,24,28H,8-11,14H2,1H3. The second-order valence-electron chi connectivity index (χ2n) is 7.23. The van der Waals surface area contributed by atoms with Crippen LogP contribution in [0, 0.1) is 6.92 Å². The lowest BCUT2D eigenvalue weighted by molar-refractivity contribution is -0.133. The number of nitrogens with zero attached hydrogens (tertiary/aromatic N) is 3. The number of ether oxygens (including phenoxy) is 1. The lowest BCUT2D eigenvalue weighted by atomic mass is 10.1. The molecule has 4 rings (SSSR count). The highest BCUT2D eigenvalue weighted by Crippen LogP contribution is 2.27. The van der Waals surface area contributed by atoms with E-state index in [0.717, 1.165) is 54.3 Å². The van der Waals surface area contributed by atoms with E-state index in [-0.39, 0.29) is 18.3 Å². The van der Waals surface area contributed by atoms with Gasteiger partial charge in [0.15, 0.2) is 6.61 Å². The Labute approximate surface area is 175 Å². The lowest BCUT2D eigenvalue weighted by Gasteiger charge is -2.27. The highest BCUT2D eigenvalue weighted by Gasteiger charge is 2.16. The van der Waals surface area contributed by atoms with Gasteiger partial charge in [0.1, 0.15) is 17.8 Å². The third-order valence-electron chi connectivity index (χ3n) is 5.14. The van der Waals surface area contributed by atoms with Gasteiger partial charge in [-0.2, -0.15) is 0 Å². The predicted molar refractivity (Wildman–Crippen MR) is 114 cm³/mol. The zero-order chi connectivity index (χ0) is 20.9. The second kappa shape index (κ2) is 8.92. The molecule has 1 saturated heterocycles. The molecule has 1 aliphatic heterocycles. The molecule has 0 radical (unpaired) electrons. The van der Waals surface area contributed by atoms with E-state index < -0.39 is 0 Å². The van der Waals surface area contributed by atoms with Crippen molar-refractivity contribution in [1.82, 2.24) is 20.2 Å². The number of aromatic nitrogens is 2. The Bertz CT molecular complexity index is 1030. The number of carbonyl (C=O) groups is 1. The maximum Gasteiger partial charge on any atom is 0.260 e. The first-order valence-corrected chi connectivity index (χ1v) is 9.94. The van der Waals surface area contributed by atoms with E-state index in [2.05, 4.69) is 15.3 Å². The van der Waals surface area contributed by atoms with Crippen LogP contribution in [0.1, 0.15) is 5.56 Å². The van der Waals surface area contributed by atoms with E-state index in [1.807, 2.05) is 54.3 Å². The third kappa shape index (κ3) is 4.58. The Morgan fingerprint density at radius 1 is 1.03 bits per heavy atom. The number of hydrogen-bond donors (Lipinski definition) is 2. The summed E-state index contributed by atoms with van der Waals surface area (Å²) in [6, 6.07) is 14.8. The van der Waals surface area contributed by atoms with E-state index >= 15 is 0 Å². The average molecular weight is 404 g/mol. The number of benzene rings is 2. The first-order valence-electron chi connectivity index (χ1n) is 9.94. The molecule has 0 bridgehead atoms. The molecule has 0 spiro atoms. The number of hydrogen-bond acceptors (Lipinski definition) is 6. The minimum atomic E-state index is 0.00482. The number of phenolic OH excluding ortho intramolecular Hbond substituents is 1. The molecular weight excluding hydrogens is 380 g/mol. The molecule has 1 amide bonds.